The Morgan fingerprint density at radius 2 is 1.72 bits per heavy atom. The third-order valence-electron chi connectivity index (χ3n) is 3.65. The summed E-state index contributed by atoms with van der Waals surface area (Å²) >= 11 is 0. The van der Waals surface area contributed by atoms with Gasteiger partial charge in [0.05, 0.1) is 19.0 Å². The Balaban J connectivity index is 2.51. The molecule has 0 amide bonds. The summed E-state index contributed by atoms with van der Waals surface area (Å²) in [6.07, 6.45) is -3.42. The van der Waals surface area contributed by atoms with E-state index in [1.807, 2.05) is 0 Å². The van der Waals surface area contributed by atoms with Crippen LogP contribution in [0, 0.1) is 6.92 Å². The van der Waals surface area contributed by atoms with Gasteiger partial charge < -0.3 is 4.74 Å². The van der Waals surface area contributed by atoms with Gasteiger partial charge in [-0.2, -0.15) is 13.2 Å². The molecule has 9 heteroatoms. The molecule has 0 aliphatic carbocycles. The molecule has 0 N–H and O–H groups in total. The molecule has 0 saturated heterocycles. The third kappa shape index (κ3) is 2.77. The first-order valence-electron chi connectivity index (χ1n) is 7.09. The highest BCUT2D eigenvalue weighted by molar-refractivity contribution is 5.46. The molecule has 130 valence electrons. The van der Waals surface area contributed by atoms with Crippen LogP contribution >= 0.6 is 0 Å². The first kappa shape index (κ1) is 16.7. The lowest BCUT2D eigenvalue weighted by Crippen LogP contribution is -2.33. The van der Waals surface area contributed by atoms with E-state index in [0.29, 0.717) is 10.6 Å². The molecule has 0 aliphatic rings. The van der Waals surface area contributed by atoms with Crippen LogP contribution in [0.3, 0.4) is 0 Å². The van der Waals surface area contributed by atoms with Crippen LogP contribution in [0.25, 0.3) is 11.5 Å². The minimum Gasteiger partial charge on any atom is -0.490 e. The van der Waals surface area contributed by atoms with Crippen LogP contribution in [-0.2, 0) is 6.18 Å². The first-order valence-corrected chi connectivity index (χ1v) is 7.09. The molecule has 25 heavy (non-hydrogen) atoms. The third-order valence-corrected chi connectivity index (χ3v) is 3.65. The zero-order chi connectivity index (χ0) is 18.4. The molecule has 0 saturated carbocycles. The highest BCUT2D eigenvalue weighted by atomic mass is 19.4. The Kier molecular flexibility index (Phi) is 3.86. The normalized spacial score (nSPS) is 11.7. The fourth-order valence-corrected chi connectivity index (χ4v) is 2.38. The van der Waals surface area contributed by atoms with Crippen molar-refractivity contribution in [2.45, 2.75) is 13.1 Å². The predicted molar refractivity (Wildman–Crippen MR) is 83.4 cm³/mol. The molecule has 0 radical (unpaired) electrons. The summed E-state index contributed by atoms with van der Waals surface area (Å²) in [7, 11) is 1.20. The van der Waals surface area contributed by atoms with Crippen molar-refractivity contribution < 1.29 is 17.9 Å². The number of hydrogen-bond donors (Lipinski definition) is 0. The fourth-order valence-electron chi connectivity index (χ4n) is 2.38. The number of halogens is 3. The zero-order valence-corrected chi connectivity index (χ0v) is 13.2. The van der Waals surface area contributed by atoms with E-state index in [1.54, 1.807) is 19.1 Å². The Bertz CT molecular complexity index is 1070. The summed E-state index contributed by atoms with van der Waals surface area (Å²) in [5.41, 5.74) is -2.61. The molecule has 3 aromatic rings. The number of alkyl halides is 3. The van der Waals surface area contributed by atoms with Gasteiger partial charge in [0.1, 0.15) is 5.56 Å². The minimum atomic E-state index is -4.93. The SMILES string of the molecule is COc1cnc2n(-c3ccc(C)cc3)c(=O)c(C(F)(F)F)cn2c1=O. The minimum absolute atomic E-state index is 0.163. The molecule has 0 unspecified atom stereocenters. The van der Waals surface area contributed by atoms with Crippen molar-refractivity contribution in [1.29, 1.82) is 0 Å². The van der Waals surface area contributed by atoms with Crippen molar-refractivity contribution in [2.75, 3.05) is 7.11 Å². The van der Waals surface area contributed by atoms with Crippen molar-refractivity contribution in [1.82, 2.24) is 14.0 Å². The number of hydrogen-bond acceptors (Lipinski definition) is 4. The molecule has 0 fully saturated rings. The van der Waals surface area contributed by atoms with Crippen LogP contribution in [0.1, 0.15) is 11.1 Å². The Morgan fingerprint density at radius 3 is 2.28 bits per heavy atom. The van der Waals surface area contributed by atoms with Crippen molar-refractivity contribution in [2.24, 2.45) is 0 Å². The first-order chi connectivity index (χ1) is 11.7. The number of aryl methyl sites for hydroxylation is 1. The molecule has 0 spiro atoms. The number of rotatable bonds is 2. The molecule has 0 aliphatic heterocycles. The lowest BCUT2D eigenvalue weighted by Gasteiger charge is -2.15. The van der Waals surface area contributed by atoms with Gasteiger partial charge in [0.15, 0.2) is 0 Å². The number of methoxy groups -OCH3 is 1. The molecule has 2 aromatic heterocycles. The van der Waals surface area contributed by atoms with Crippen molar-refractivity contribution >= 4 is 5.78 Å². The van der Waals surface area contributed by atoms with Gasteiger partial charge in [-0.3, -0.25) is 9.59 Å². The second-order valence-electron chi connectivity index (χ2n) is 5.32. The number of nitrogens with zero attached hydrogens (tertiary/aromatic N) is 3. The van der Waals surface area contributed by atoms with Gasteiger partial charge in [0.2, 0.25) is 11.5 Å². The van der Waals surface area contributed by atoms with E-state index in [-0.39, 0.29) is 17.2 Å². The zero-order valence-electron chi connectivity index (χ0n) is 13.2. The highest BCUT2D eigenvalue weighted by Crippen LogP contribution is 2.27. The highest BCUT2D eigenvalue weighted by Gasteiger charge is 2.36. The molecule has 2 heterocycles. The molecule has 0 atom stereocenters. The van der Waals surface area contributed by atoms with Crippen LogP contribution in [0.4, 0.5) is 13.2 Å². The molecule has 6 nitrogen and oxygen atoms in total. The van der Waals surface area contributed by atoms with Gasteiger partial charge in [0, 0.05) is 6.20 Å². The lowest BCUT2D eigenvalue weighted by atomic mass is 10.2. The van der Waals surface area contributed by atoms with E-state index in [9.17, 15) is 22.8 Å². The maximum absolute atomic E-state index is 13.3. The number of aromatic nitrogens is 3. The molecule has 1 aromatic carbocycles. The van der Waals surface area contributed by atoms with Crippen LogP contribution in [-0.4, -0.2) is 21.1 Å². The average molecular weight is 351 g/mol. The second kappa shape index (κ2) is 5.76. The van der Waals surface area contributed by atoms with E-state index < -0.39 is 22.9 Å². The summed E-state index contributed by atoms with van der Waals surface area (Å²) in [6, 6.07) is 6.24. The Hall–Kier alpha value is -3.10. The van der Waals surface area contributed by atoms with Gasteiger partial charge >= 0.3 is 11.7 Å². The molecular weight excluding hydrogens is 339 g/mol. The largest absolute Gasteiger partial charge is 0.490 e. The van der Waals surface area contributed by atoms with Gasteiger partial charge in [-0.25, -0.2) is 14.0 Å². The average Bonchev–Trinajstić information content (AvgIpc) is 2.55. The lowest BCUT2D eigenvalue weighted by molar-refractivity contribution is -0.139. The Labute approximate surface area is 138 Å². The molecule has 3 rings (SSSR count). The van der Waals surface area contributed by atoms with E-state index in [2.05, 4.69) is 4.98 Å². The number of fused-ring (bicyclic) bond motifs is 1. The second-order valence-corrected chi connectivity index (χ2v) is 5.32. The van der Waals surface area contributed by atoms with Gasteiger partial charge in [0.25, 0.3) is 5.56 Å². The van der Waals surface area contributed by atoms with Gasteiger partial charge in [-0.05, 0) is 19.1 Å². The number of benzene rings is 1. The predicted octanol–water partition coefficient (Wildman–Crippen LogP) is 2.18. The standard InChI is InChI=1S/C16H12F3N3O3/c1-9-3-5-10(6-4-9)22-13(23)11(16(17,18)19)8-21-14(24)12(25-2)7-20-15(21)22/h3-8H,1-2H3. The van der Waals surface area contributed by atoms with Gasteiger partial charge in [-0.15, -0.1) is 0 Å². The maximum atomic E-state index is 13.3. The number of ether oxygens (including phenoxy) is 1. The van der Waals surface area contributed by atoms with Crippen molar-refractivity contribution in [3.05, 3.63) is 68.5 Å². The topological polar surface area (TPSA) is 65.6 Å². The van der Waals surface area contributed by atoms with Crippen molar-refractivity contribution in [3.63, 3.8) is 0 Å². The molecule has 0 bridgehead atoms. The van der Waals surface area contributed by atoms with Crippen LogP contribution in [0.2, 0.25) is 0 Å². The van der Waals surface area contributed by atoms with E-state index >= 15 is 0 Å². The van der Waals surface area contributed by atoms with Crippen LogP contribution in [0.5, 0.6) is 5.75 Å². The summed E-state index contributed by atoms with van der Waals surface area (Å²) in [6.45, 7) is 1.80. The van der Waals surface area contributed by atoms with Crippen LogP contribution in [0.15, 0.2) is 46.2 Å². The van der Waals surface area contributed by atoms with E-state index in [1.165, 1.54) is 19.2 Å². The maximum Gasteiger partial charge on any atom is 0.423 e. The van der Waals surface area contributed by atoms with Gasteiger partial charge in [-0.1, -0.05) is 17.7 Å². The molecular formula is C16H12F3N3O3. The summed E-state index contributed by atoms with van der Waals surface area (Å²) in [5, 5.41) is 0. The summed E-state index contributed by atoms with van der Waals surface area (Å²) in [4.78, 5) is 28.7. The van der Waals surface area contributed by atoms with Crippen LogP contribution < -0.4 is 15.9 Å². The monoisotopic (exact) mass is 351 g/mol. The van der Waals surface area contributed by atoms with E-state index in [0.717, 1.165) is 16.3 Å². The fraction of sp³-hybridized carbons (Fsp3) is 0.188. The smallest absolute Gasteiger partial charge is 0.423 e. The summed E-state index contributed by atoms with van der Waals surface area (Å²) in [5.74, 6) is -0.479. The quantitative estimate of drug-likeness (QED) is 0.710. The summed E-state index contributed by atoms with van der Waals surface area (Å²) < 4.78 is 46.0. The van der Waals surface area contributed by atoms with E-state index in [4.69, 9.17) is 4.74 Å². The van der Waals surface area contributed by atoms with Crippen molar-refractivity contribution in [3.8, 4) is 11.4 Å². The Morgan fingerprint density at radius 1 is 1.08 bits per heavy atom.